The molecule has 1 aliphatic carbocycles. The molecule has 29 heavy (non-hydrogen) atoms. The van der Waals surface area contributed by atoms with Gasteiger partial charge in [0.15, 0.2) is 0 Å². The highest BCUT2D eigenvalue weighted by Crippen LogP contribution is 2.25. The molecule has 1 aromatic heterocycles. The van der Waals surface area contributed by atoms with E-state index in [-0.39, 0.29) is 10.6 Å². The Labute approximate surface area is 169 Å². The number of benzene rings is 2. The highest BCUT2D eigenvalue weighted by atomic mass is 16.6. The third-order valence-electron chi connectivity index (χ3n) is 5.08. The van der Waals surface area contributed by atoms with Crippen LogP contribution in [-0.2, 0) is 6.54 Å². The molecular weight excluding hydrogens is 366 g/mol. The lowest BCUT2D eigenvalue weighted by Gasteiger charge is -2.15. The fraction of sp³-hybridized carbons (Fsp3) is 0.273. The number of non-ortho nitro benzene ring substituents is 1. The van der Waals surface area contributed by atoms with E-state index in [4.69, 9.17) is 4.98 Å². The van der Waals surface area contributed by atoms with E-state index >= 15 is 0 Å². The lowest BCUT2D eigenvalue weighted by atomic mass is 10.1. The molecule has 0 radical (unpaired) electrons. The van der Waals surface area contributed by atoms with Crippen molar-refractivity contribution in [3.05, 3.63) is 76.3 Å². The first-order chi connectivity index (χ1) is 14.2. The number of hydrogen-bond donors (Lipinski definition) is 2. The average molecular weight is 389 g/mol. The van der Waals surface area contributed by atoms with Gasteiger partial charge in [-0.15, -0.1) is 0 Å². The first kappa shape index (κ1) is 18.9. The van der Waals surface area contributed by atoms with Gasteiger partial charge in [0.05, 0.1) is 10.6 Å². The van der Waals surface area contributed by atoms with Crippen LogP contribution in [0.3, 0.4) is 0 Å². The number of nitro benzene ring substituents is 1. The van der Waals surface area contributed by atoms with Crippen LogP contribution in [0.2, 0.25) is 0 Å². The van der Waals surface area contributed by atoms with Crippen LogP contribution in [0.15, 0.2) is 60.7 Å². The summed E-state index contributed by atoms with van der Waals surface area (Å²) in [5.41, 5.74) is 2.76. The summed E-state index contributed by atoms with van der Waals surface area (Å²) in [7, 11) is 0. The molecule has 0 aliphatic heterocycles. The minimum absolute atomic E-state index is 0.0838. The molecule has 2 aromatic carbocycles. The van der Waals surface area contributed by atoms with E-state index < -0.39 is 0 Å². The molecule has 2 N–H and O–H groups in total. The van der Waals surface area contributed by atoms with Gasteiger partial charge in [-0.2, -0.15) is 4.98 Å². The van der Waals surface area contributed by atoms with Crippen LogP contribution in [0.5, 0.6) is 0 Å². The fourth-order valence-electron chi connectivity index (χ4n) is 3.58. The van der Waals surface area contributed by atoms with Crippen LogP contribution in [0.25, 0.3) is 11.3 Å². The van der Waals surface area contributed by atoms with Crippen molar-refractivity contribution in [2.75, 3.05) is 10.6 Å². The second kappa shape index (κ2) is 8.68. The van der Waals surface area contributed by atoms with Gasteiger partial charge in [-0.05, 0) is 18.4 Å². The molecule has 148 valence electrons. The molecule has 0 bridgehead atoms. The zero-order valence-electron chi connectivity index (χ0n) is 16.0. The Morgan fingerprint density at radius 2 is 1.79 bits per heavy atom. The number of hydrogen-bond acceptors (Lipinski definition) is 6. The highest BCUT2D eigenvalue weighted by Gasteiger charge is 2.17. The van der Waals surface area contributed by atoms with E-state index in [2.05, 4.69) is 15.6 Å². The Hall–Kier alpha value is -3.48. The lowest BCUT2D eigenvalue weighted by molar-refractivity contribution is -0.384. The molecule has 7 nitrogen and oxygen atoms in total. The molecule has 3 aromatic rings. The molecule has 0 saturated heterocycles. The number of anilines is 2. The number of rotatable bonds is 7. The standard InChI is InChI=1S/C22H23N5O2/c28-27(29)19-12-6-7-16(13-19)15-23-21-14-20(17-8-2-1-3-9-17)25-22(26-21)24-18-10-4-5-11-18/h1-3,6-9,12-14,18H,4-5,10-11,15H2,(H2,23,24,25,26). The second-order valence-corrected chi connectivity index (χ2v) is 7.23. The van der Waals surface area contributed by atoms with Crippen molar-refractivity contribution >= 4 is 17.5 Å². The summed E-state index contributed by atoms with van der Waals surface area (Å²) >= 11 is 0. The van der Waals surface area contributed by atoms with E-state index in [9.17, 15) is 10.1 Å². The lowest BCUT2D eigenvalue weighted by Crippen LogP contribution is -2.17. The maximum atomic E-state index is 11.0. The topological polar surface area (TPSA) is 93.0 Å². The number of nitrogens with zero attached hydrogens (tertiary/aromatic N) is 3. The average Bonchev–Trinajstić information content (AvgIpc) is 3.26. The number of nitrogens with one attached hydrogen (secondary N) is 2. The number of nitro groups is 1. The summed E-state index contributed by atoms with van der Waals surface area (Å²) in [4.78, 5) is 19.9. The largest absolute Gasteiger partial charge is 0.366 e. The van der Waals surface area contributed by atoms with Gasteiger partial charge in [-0.25, -0.2) is 4.98 Å². The zero-order valence-corrected chi connectivity index (χ0v) is 16.0. The predicted octanol–water partition coefficient (Wildman–Crippen LogP) is 5.02. The van der Waals surface area contributed by atoms with Gasteiger partial charge in [-0.3, -0.25) is 10.1 Å². The van der Waals surface area contributed by atoms with Crippen LogP contribution < -0.4 is 10.6 Å². The van der Waals surface area contributed by atoms with Gasteiger partial charge >= 0.3 is 0 Å². The van der Waals surface area contributed by atoms with Crippen LogP contribution in [-0.4, -0.2) is 20.9 Å². The molecule has 1 aliphatic rings. The maximum Gasteiger partial charge on any atom is 0.269 e. The van der Waals surface area contributed by atoms with Crippen molar-refractivity contribution in [3.63, 3.8) is 0 Å². The summed E-state index contributed by atoms with van der Waals surface area (Å²) in [5, 5.41) is 17.7. The van der Waals surface area contributed by atoms with Crippen LogP contribution in [0, 0.1) is 10.1 Å². The van der Waals surface area contributed by atoms with E-state index in [1.165, 1.54) is 18.9 Å². The van der Waals surface area contributed by atoms with E-state index in [1.807, 2.05) is 42.5 Å². The van der Waals surface area contributed by atoms with Crippen molar-refractivity contribution in [1.82, 2.24) is 9.97 Å². The van der Waals surface area contributed by atoms with Gasteiger partial charge in [0.25, 0.3) is 5.69 Å². The Kier molecular flexibility index (Phi) is 5.65. The molecule has 0 unspecified atom stereocenters. The summed E-state index contributed by atoms with van der Waals surface area (Å²) < 4.78 is 0. The van der Waals surface area contributed by atoms with Gasteiger partial charge in [0, 0.05) is 36.3 Å². The Morgan fingerprint density at radius 3 is 2.55 bits per heavy atom. The van der Waals surface area contributed by atoms with Crippen LogP contribution >= 0.6 is 0 Å². The first-order valence-corrected chi connectivity index (χ1v) is 9.85. The molecule has 1 saturated carbocycles. The third-order valence-corrected chi connectivity index (χ3v) is 5.08. The molecule has 7 heteroatoms. The van der Waals surface area contributed by atoms with E-state index in [1.54, 1.807) is 12.1 Å². The molecule has 1 fully saturated rings. The van der Waals surface area contributed by atoms with E-state index in [0.29, 0.717) is 24.4 Å². The number of aromatic nitrogens is 2. The molecular formula is C22H23N5O2. The zero-order chi connectivity index (χ0) is 20.1. The SMILES string of the molecule is O=[N+]([O-])c1cccc(CNc2cc(-c3ccccc3)nc(NC3CCCC3)n2)c1. The van der Waals surface area contributed by atoms with Crippen molar-refractivity contribution in [3.8, 4) is 11.3 Å². The minimum atomic E-state index is -0.384. The molecule has 1 heterocycles. The fourth-order valence-corrected chi connectivity index (χ4v) is 3.58. The molecule has 4 rings (SSSR count). The minimum Gasteiger partial charge on any atom is -0.366 e. The second-order valence-electron chi connectivity index (χ2n) is 7.23. The third kappa shape index (κ3) is 4.87. The van der Waals surface area contributed by atoms with Gasteiger partial charge in [0.2, 0.25) is 5.95 Å². The monoisotopic (exact) mass is 389 g/mol. The molecule has 0 amide bonds. The van der Waals surface area contributed by atoms with Crippen molar-refractivity contribution in [1.29, 1.82) is 0 Å². The smallest absolute Gasteiger partial charge is 0.269 e. The predicted molar refractivity (Wildman–Crippen MR) is 114 cm³/mol. The summed E-state index contributed by atoms with van der Waals surface area (Å²) in [6, 6.07) is 18.9. The van der Waals surface area contributed by atoms with Gasteiger partial charge in [0.1, 0.15) is 5.82 Å². The van der Waals surface area contributed by atoms with Gasteiger partial charge in [-0.1, -0.05) is 55.3 Å². The first-order valence-electron chi connectivity index (χ1n) is 9.85. The van der Waals surface area contributed by atoms with Crippen molar-refractivity contribution < 1.29 is 4.92 Å². The Bertz CT molecular complexity index is 988. The Morgan fingerprint density at radius 1 is 1.00 bits per heavy atom. The van der Waals surface area contributed by atoms with Gasteiger partial charge < -0.3 is 10.6 Å². The maximum absolute atomic E-state index is 11.0. The van der Waals surface area contributed by atoms with Crippen LogP contribution in [0.4, 0.5) is 17.5 Å². The summed E-state index contributed by atoms with van der Waals surface area (Å²) in [5.74, 6) is 1.30. The molecule has 0 atom stereocenters. The van der Waals surface area contributed by atoms with Crippen molar-refractivity contribution in [2.24, 2.45) is 0 Å². The van der Waals surface area contributed by atoms with Crippen LogP contribution in [0.1, 0.15) is 31.2 Å². The summed E-state index contributed by atoms with van der Waals surface area (Å²) in [6.45, 7) is 0.440. The highest BCUT2D eigenvalue weighted by molar-refractivity contribution is 5.64. The quantitative estimate of drug-likeness (QED) is 0.435. The summed E-state index contributed by atoms with van der Waals surface area (Å²) in [6.07, 6.45) is 4.73. The Balaban J connectivity index is 1.57. The van der Waals surface area contributed by atoms with E-state index in [0.717, 1.165) is 29.7 Å². The normalized spacial score (nSPS) is 13.9. The molecule has 0 spiro atoms. The van der Waals surface area contributed by atoms with Crippen molar-refractivity contribution in [2.45, 2.75) is 38.3 Å².